The van der Waals surface area contributed by atoms with E-state index in [4.69, 9.17) is 21.1 Å². The van der Waals surface area contributed by atoms with Crippen molar-refractivity contribution < 1.29 is 37.0 Å². The third-order valence-electron chi connectivity index (χ3n) is 6.47. The molecule has 2 amide bonds. The van der Waals surface area contributed by atoms with Gasteiger partial charge in [-0.3, -0.25) is 14.9 Å². The van der Waals surface area contributed by atoms with Crippen molar-refractivity contribution >= 4 is 47.1 Å². The lowest BCUT2D eigenvalue weighted by Crippen LogP contribution is -2.44. The summed E-state index contributed by atoms with van der Waals surface area (Å²) in [6.45, 7) is 7.47. The first-order chi connectivity index (χ1) is 20.6. The fourth-order valence-corrected chi connectivity index (χ4v) is 4.45. The molecule has 2 aromatic carbocycles. The van der Waals surface area contributed by atoms with Crippen molar-refractivity contribution in [2.24, 2.45) is 0 Å². The number of ether oxygens (including phenoxy) is 2. The minimum Gasteiger partial charge on any atom is -0.455 e. The SMILES string of the molecule is CN1CCN(c2cc(NC(=O)c3ccc(Cl)c(Oc4ccnc(NC(=O)OC(C)(C)C)c4C=O)c3)cc(C(F)(F)F)c2)CC1. The van der Waals surface area contributed by atoms with Crippen molar-refractivity contribution in [2.45, 2.75) is 32.5 Å². The fourth-order valence-electron chi connectivity index (χ4n) is 4.30. The van der Waals surface area contributed by atoms with Gasteiger partial charge in [-0.05, 0) is 64.2 Å². The maximum Gasteiger partial charge on any atom is 0.416 e. The standard InChI is InChI=1S/C30H31ClF3N5O5/c1-29(2,3)44-28(42)37-26-22(17-40)24(7-8-35-26)43-25-13-18(5-6-23(25)31)27(41)36-20-14-19(30(32,33)34)15-21(16-20)39-11-9-38(4)10-12-39/h5-8,13-17H,9-12H2,1-4H3,(H,36,41)(H,35,37,42). The van der Waals surface area contributed by atoms with Crippen molar-refractivity contribution in [1.82, 2.24) is 9.88 Å². The zero-order valence-electron chi connectivity index (χ0n) is 24.4. The number of hydrogen-bond acceptors (Lipinski definition) is 8. The molecule has 0 bridgehead atoms. The molecule has 3 aromatic rings. The monoisotopic (exact) mass is 633 g/mol. The number of benzene rings is 2. The molecule has 0 saturated carbocycles. The van der Waals surface area contributed by atoms with E-state index >= 15 is 0 Å². The number of aromatic nitrogens is 1. The molecule has 1 aliphatic heterocycles. The molecule has 1 aliphatic rings. The topological polar surface area (TPSA) is 113 Å². The lowest BCUT2D eigenvalue weighted by atomic mass is 10.1. The smallest absolute Gasteiger partial charge is 0.416 e. The molecule has 2 heterocycles. The van der Waals surface area contributed by atoms with Crippen LogP contribution in [0.5, 0.6) is 11.5 Å². The molecular weight excluding hydrogens is 603 g/mol. The number of amides is 2. The van der Waals surface area contributed by atoms with E-state index in [2.05, 4.69) is 20.5 Å². The maximum absolute atomic E-state index is 13.7. The van der Waals surface area contributed by atoms with Crippen molar-refractivity contribution in [3.63, 3.8) is 0 Å². The predicted octanol–water partition coefficient (Wildman–Crippen LogP) is 6.71. The Hall–Kier alpha value is -4.36. The van der Waals surface area contributed by atoms with E-state index in [-0.39, 0.29) is 39.2 Å². The van der Waals surface area contributed by atoms with Crippen LogP contribution in [0.4, 0.5) is 35.2 Å². The van der Waals surface area contributed by atoms with E-state index in [1.54, 1.807) is 20.8 Å². The molecule has 0 spiro atoms. The lowest BCUT2D eigenvalue weighted by molar-refractivity contribution is -0.137. The summed E-state index contributed by atoms with van der Waals surface area (Å²) < 4.78 is 52.3. The van der Waals surface area contributed by atoms with Crippen LogP contribution in [0, 0.1) is 0 Å². The number of rotatable bonds is 7. The van der Waals surface area contributed by atoms with Gasteiger partial charge in [-0.1, -0.05) is 11.6 Å². The summed E-state index contributed by atoms with van der Waals surface area (Å²) in [5.41, 5.74) is -1.47. The Balaban J connectivity index is 1.58. The van der Waals surface area contributed by atoms with Crippen LogP contribution in [0.1, 0.15) is 47.1 Å². The van der Waals surface area contributed by atoms with Gasteiger partial charge >= 0.3 is 12.3 Å². The van der Waals surface area contributed by atoms with Crippen molar-refractivity contribution in [1.29, 1.82) is 0 Å². The van der Waals surface area contributed by atoms with Crippen LogP contribution in [-0.4, -0.2) is 67.0 Å². The first-order valence-electron chi connectivity index (χ1n) is 13.5. The number of pyridine rings is 1. The average molecular weight is 634 g/mol. The molecule has 1 fully saturated rings. The third-order valence-corrected chi connectivity index (χ3v) is 6.78. The summed E-state index contributed by atoms with van der Waals surface area (Å²) in [7, 11) is 1.94. The summed E-state index contributed by atoms with van der Waals surface area (Å²) in [5, 5.41) is 5.01. The Bertz CT molecular complexity index is 1550. The Kier molecular flexibility index (Phi) is 9.69. The van der Waals surface area contributed by atoms with Gasteiger partial charge in [-0.2, -0.15) is 13.2 Å². The number of halogens is 4. The number of aldehydes is 1. The number of carbonyl (C=O) groups excluding carboxylic acids is 3. The second-order valence-corrected chi connectivity index (χ2v) is 11.5. The van der Waals surface area contributed by atoms with Crippen LogP contribution in [0.25, 0.3) is 0 Å². The van der Waals surface area contributed by atoms with Gasteiger partial charge in [0.05, 0.1) is 16.1 Å². The number of likely N-dealkylation sites (N-methyl/N-ethyl adjacent to an activating group) is 1. The molecule has 10 nitrogen and oxygen atoms in total. The van der Waals surface area contributed by atoms with E-state index in [1.165, 1.54) is 36.5 Å². The summed E-state index contributed by atoms with van der Waals surface area (Å²) in [5.74, 6) is -0.903. The maximum atomic E-state index is 13.7. The highest BCUT2D eigenvalue weighted by atomic mass is 35.5. The molecule has 14 heteroatoms. The molecule has 44 heavy (non-hydrogen) atoms. The molecule has 0 unspecified atom stereocenters. The Morgan fingerprint density at radius 3 is 2.32 bits per heavy atom. The van der Waals surface area contributed by atoms with Gasteiger partial charge in [0.15, 0.2) is 6.29 Å². The first-order valence-corrected chi connectivity index (χ1v) is 13.9. The Morgan fingerprint density at radius 2 is 1.68 bits per heavy atom. The number of nitrogens with zero attached hydrogens (tertiary/aromatic N) is 3. The third kappa shape index (κ3) is 8.38. The summed E-state index contributed by atoms with van der Waals surface area (Å²) in [6.07, 6.45) is -3.76. The van der Waals surface area contributed by atoms with Gasteiger partial charge in [0.2, 0.25) is 0 Å². The van der Waals surface area contributed by atoms with E-state index < -0.39 is 29.3 Å². The van der Waals surface area contributed by atoms with Crippen LogP contribution < -0.4 is 20.3 Å². The van der Waals surface area contributed by atoms with Gasteiger partial charge in [0.25, 0.3) is 5.91 Å². The average Bonchev–Trinajstić information content (AvgIpc) is 2.93. The molecule has 0 radical (unpaired) electrons. The Morgan fingerprint density at radius 1 is 0.977 bits per heavy atom. The van der Waals surface area contributed by atoms with Crippen LogP contribution in [0.3, 0.4) is 0 Å². The number of anilines is 3. The number of piperazine rings is 1. The van der Waals surface area contributed by atoms with Crippen LogP contribution in [-0.2, 0) is 10.9 Å². The second-order valence-electron chi connectivity index (χ2n) is 11.1. The molecule has 0 atom stereocenters. The van der Waals surface area contributed by atoms with Gasteiger partial charge in [0, 0.05) is 55.4 Å². The minimum atomic E-state index is -4.62. The minimum absolute atomic E-state index is 0.0248. The van der Waals surface area contributed by atoms with E-state index in [1.807, 2.05) is 11.9 Å². The number of alkyl halides is 3. The molecule has 0 aliphatic carbocycles. The van der Waals surface area contributed by atoms with Gasteiger partial charge in [-0.15, -0.1) is 0 Å². The quantitative estimate of drug-likeness (QED) is 0.276. The van der Waals surface area contributed by atoms with Crippen LogP contribution in [0.15, 0.2) is 48.7 Å². The van der Waals surface area contributed by atoms with Crippen LogP contribution in [0.2, 0.25) is 5.02 Å². The lowest BCUT2D eigenvalue weighted by Gasteiger charge is -2.34. The van der Waals surface area contributed by atoms with Crippen LogP contribution >= 0.6 is 11.6 Å². The number of hydrogen-bond donors (Lipinski definition) is 2. The molecule has 234 valence electrons. The first kappa shape index (κ1) is 32.6. The fraction of sp³-hybridized carbons (Fsp3) is 0.333. The highest BCUT2D eigenvalue weighted by Crippen LogP contribution is 2.36. The highest BCUT2D eigenvalue weighted by Gasteiger charge is 2.32. The Labute approximate surface area is 257 Å². The van der Waals surface area contributed by atoms with Gasteiger partial charge in [0.1, 0.15) is 22.9 Å². The second kappa shape index (κ2) is 13.1. The predicted molar refractivity (Wildman–Crippen MR) is 160 cm³/mol. The van der Waals surface area contributed by atoms with Gasteiger partial charge in [-0.25, -0.2) is 9.78 Å². The van der Waals surface area contributed by atoms with Crippen molar-refractivity contribution in [3.8, 4) is 11.5 Å². The highest BCUT2D eigenvalue weighted by molar-refractivity contribution is 6.32. The largest absolute Gasteiger partial charge is 0.455 e. The summed E-state index contributed by atoms with van der Waals surface area (Å²) in [4.78, 5) is 45.3. The van der Waals surface area contributed by atoms with Crippen molar-refractivity contribution in [2.75, 3.05) is 48.8 Å². The zero-order chi connectivity index (χ0) is 32.2. The zero-order valence-corrected chi connectivity index (χ0v) is 25.2. The van der Waals surface area contributed by atoms with E-state index in [0.717, 1.165) is 12.1 Å². The van der Waals surface area contributed by atoms with Crippen molar-refractivity contribution in [3.05, 3.63) is 70.4 Å². The number of carbonyl (C=O) groups is 3. The summed E-state index contributed by atoms with van der Waals surface area (Å²) >= 11 is 6.31. The van der Waals surface area contributed by atoms with E-state index in [0.29, 0.717) is 38.2 Å². The normalized spacial score (nSPS) is 14.1. The molecule has 1 saturated heterocycles. The molecular formula is C30H31ClF3N5O5. The molecule has 4 rings (SSSR count). The molecule has 2 N–H and O–H groups in total. The number of nitrogens with one attached hydrogen (secondary N) is 2. The molecule has 1 aromatic heterocycles. The van der Waals surface area contributed by atoms with E-state index in [9.17, 15) is 27.6 Å². The summed E-state index contributed by atoms with van der Waals surface area (Å²) in [6, 6.07) is 8.83. The van der Waals surface area contributed by atoms with Gasteiger partial charge < -0.3 is 24.6 Å².